The summed E-state index contributed by atoms with van der Waals surface area (Å²) in [5.74, 6) is 0.545. The van der Waals surface area contributed by atoms with Crippen molar-refractivity contribution in [1.29, 1.82) is 0 Å². The van der Waals surface area contributed by atoms with E-state index in [0.717, 1.165) is 49.2 Å². The monoisotopic (exact) mass is 349 g/mol. The molecule has 142 valence electrons. The molecule has 0 radical (unpaired) electrons. The van der Waals surface area contributed by atoms with E-state index in [9.17, 15) is 4.79 Å². The van der Waals surface area contributed by atoms with Crippen molar-refractivity contribution in [3.8, 4) is 0 Å². The highest BCUT2D eigenvalue weighted by Gasteiger charge is 2.30. The van der Waals surface area contributed by atoms with Gasteiger partial charge in [-0.1, -0.05) is 26.7 Å². The summed E-state index contributed by atoms with van der Waals surface area (Å²) in [5, 5.41) is 7.71. The average Bonchev–Trinajstić information content (AvgIpc) is 2.80. The minimum atomic E-state index is -0.188. The van der Waals surface area contributed by atoms with Crippen molar-refractivity contribution in [2.24, 2.45) is 13.0 Å². The van der Waals surface area contributed by atoms with E-state index >= 15 is 0 Å². The Balaban J connectivity index is 1.99. The topological polar surface area (TPSA) is 56.2 Å². The molecule has 1 saturated carbocycles. The molecule has 0 bridgehead atoms. The van der Waals surface area contributed by atoms with Crippen LogP contribution in [0.25, 0.3) is 0 Å². The Labute approximate surface area is 152 Å². The molecule has 25 heavy (non-hydrogen) atoms. The Morgan fingerprint density at radius 3 is 2.56 bits per heavy atom. The largest absolute Gasteiger partial charge is 0.376 e. The lowest BCUT2D eigenvalue weighted by Crippen LogP contribution is -2.47. The van der Waals surface area contributed by atoms with Crippen LogP contribution in [0.4, 0.5) is 0 Å². The highest BCUT2D eigenvalue weighted by atomic mass is 16.5. The Morgan fingerprint density at radius 2 is 1.96 bits per heavy atom. The lowest BCUT2D eigenvalue weighted by Gasteiger charge is -2.33. The minimum absolute atomic E-state index is 0.0866. The zero-order valence-corrected chi connectivity index (χ0v) is 16.8. The molecule has 5 nitrogen and oxygen atoms in total. The molecule has 1 heterocycles. The van der Waals surface area contributed by atoms with Crippen LogP contribution in [0.15, 0.2) is 0 Å². The predicted molar refractivity (Wildman–Crippen MR) is 101 cm³/mol. The Morgan fingerprint density at radius 1 is 1.28 bits per heavy atom. The number of rotatable bonds is 7. The third-order valence-electron chi connectivity index (χ3n) is 5.45. The first-order valence-electron chi connectivity index (χ1n) is 9.73. The second-order valence-corrected chi connectivity index (χ2v) is 7.92. The van der Waals surface area contributed by atoms with Crippen LogP contribution in [0, 0.1) is 19.8 Å². The number of ether oxygens (including phenoxy) is 1. The van der Waals surface area contributed by atoms with Gasteiger partial charge in [-0.25, -0.2) is 0 Å². The summed E-state index contributed by atoms with van der Waals surface area (Å²) in [5.41, 5.74) is 3.05. The van der Waals surface area contributed by atoms with Crippen LogP contribution in [0.5, 0.6) is 0 Å². The van der Waals surface area contributed by atoms with Crippen LogP contribution in [-0.2, 0) is 16.6 Å². The molecule has 0 aromatic carbocycles. The second-order valence-electron chi connectivity index (χ2n) is 7.92. The quantitative estimate of drug-likeness (QED) is 0.818. The third-order valence-corrected chi connectivity index (χ3v) is 5.45. The van der Waals surface area contributed by atoms with Gasteiger partial charge in [-0.15, -0.1) is 0 Å². The van der Waals surface area contributed by atoms with Gasteiger partial charge in [0, 0.05) is 24.9 Å². The number of nitrogens with zero attached hydrogens (tertiary/aromatic N) is 2. The van der Waals surface area contributed by atoms with Crippen LogP contribution in [-0.4, -0.2) is 34.4 Å². The van der Waals surface area contributed by atoms with E-state index in [1.165, 1.54) is 6.42 Å². The van der Waals surface area contributed by atoms with Gasteiger partial charge >= 0.3 is 0 Å². The predicted octanol–water partition coefficient (Wildman–Crippen LogP) is 3.63. The number of aryl methyl sites for hydroxylation is 2. The molecule has 0 spiro atoms. The summed E-state index contributed by atoms with van der Waals surface area (Å²) >= 11 is 0. The average molecular weight is 350 g/mol. The lowest BCUT2D eigenvalue weighted by atomic mass is 9.91. The van der Waals surface area contributed by atoms with Crippen molar-refractivity contribution in [1.82, 2.24) is 15.1 Å². The fourth-order valence-electron chi connectivity index (χ4n) is 3.77. The summed E-state index contributed by atoms with van der Waals surface area (Å²) in [6.45, 7) is 11.2. The fraction of sp³-hybridized carbons (Fsp3) is 0.800. The number of amides is 1. The fourth-order valence-corrected chi connectivity index (χ4v) is 3.77. The first-order valence-corrected chi connectivity index (χ1v) is 9.73. The van der Waals surface area contributed by atoms with Crippen molar-refractivity contribution < 1.29 is 9.53 Å². The number of carbonyl (C=O) groups excluding carboxylic acids is 1. The van der Waals surface area contributed by atoms with Crippen LogP contribution in [0.2, 0.25) is 0 Å². The van der Waals surface area contributed by atoms with Gasteiger partial charge in [0.15, 0.2) is 0 Å². The van der Waals surface area contributed by atoms with Gasteiger partial charge in [-0.2, -0.15) is 5.10 Å². The smallest absolute Gasteiger partial charge is 0.227 e. The van der Waals surface area contributed by atoms with E-state index in [-0.39, 0.29) is 24.0 Å². The van der Waals surface area contributed by atoms with Gasteiger partial charge in [-0.05, 0) is 46.0 Å². The first-order chi connectivity index (χ1) is 11.8. The summed E-state index contributed by atoms with van der Waals surface area (Å²) in [6, 6.07) is 0.133. The van der Waals surface area contributed by atoms with E-state index in [1.807, 2.05) is 32.5 Å². The summed E-state index contributed by atoms with van der Waals surface area (Å²) in [4.78, 5) is 12.8. The van der Waals surface area contributed by atoms with Crippen LogP contribution in [0.1, 0.15) is 75.7 Å². The molecule has 1 fully saturated rings. The van der Waals surface area contributed by atoms with Crippen LogP contribution < -0.4 is 5.32 Å². The van der Waals surface area contributed by atoms with Crippen LogP contribution in [0.3, 0.4) is 0 Å². The molecular formula is C20H35N3O2. The summed E-state index contributed by atoms with van der Waals surface area (Å²) < 4.78 is 7.97. The molecule has 1 aromatic rings. The molecule has 1 amide bonds. The minimum Gasteiger partial charge on any atom is -0.376 e. The van der Waals surface area contributed by atoms with Gasteiger partial charge in [0.2, 0.25) is 5.91 Å². The Hall–Kier alpha value is -1.36. The van der Waals surface area contributed by atoms with Gasteiger partial charge in [-0.3, -0.25) is 9.48 Å². The molecule has 0 unspecified atom stereocenters. The number of carbonyl (C=O) groups is 1. The number of nitrogens with one attached hydrogen (secondary N) is 1. The van der Waals surface area contributed by atoms with Gasteiger partial charge in [0.25, 0.3) is 0 Å². The number of aromatic nitrogens is 2. The van der Waals surface area contributed by atoms with Crippen LogP contribution >= 0.6 is 0 Å². The maximum atomic E-state index is 12.8. The maximum Gasteiger partial charge on any atom is 0.227 e. The van der Waals surface area contributed by atoms with Gasteiger partial charge < -0.3 is 10.1 Å². The van der Waals surface area contributed by atoms with E-state index in [0.29, 0.717) is 5.92 Å². The van der Waals surface area contributed by atoms with E-state index < -0.39 is 0 Å². The highest BCUT2D eigenvalue weighted by Crippen LogP contribution is 2.26. The van der Waals surface area contributed by atoms with E-state index in [4.69, 9.17) is 4.74 Å². The second kappa shape index (κ2) is 8.84. The van der Waals surface area contributed by atoms with Gasteiger partial charge in [0.1, 0.15) is 0 Å². The zero-order valence-electron chi connectivity index (χ0n) is 16.8. The normalized spacial score (nSPS) is 22.2. The molecule has 5 heteroatoms. The lowest BCUT2D eigenvalue weighted by molar-refractivity contribution is -0.124. The Kier molecular flexibility index (Phi) is 7.05. The maximum absolute atomic E-state index is 12.8. The van der Waals surface area contributed by atoms with Crippen molar-refractivity contribution >= 4 is 5.91 Å². The molecule has 1 aromatic heterocycles. The zero-order chi connectivity index (χ0) is 18.6. The molecule has 1 aliphatic rings. The molecule has 1 aliphatic carbocycles. The van der Waals surface area contributed by atoms with Crippen molar-refractivity contribution in [3.63, 3.8) is 0 Å². The standard InChI is InChI=1S/C20H35N3O2/c1-13(2)11-12-25-18-10-8-7-9-17(18)21-20(24)14(3)19-15(4)22-23(6)16(19)5/h13-14,17-18H,7-12H2,1-6H3,(H,21,24)/t14-,17-,18-/m0/s1. The molecule has 3 atom stereocenters. The van der Waals surface area contributed by atoms with Crippen molar-refractivity contribution in [2.45, 2.75) is 84.8 Å². The number of hydrogen-bond donors (Lipinski definition) is 1. The van der Waals surface area contributed by atoms with E-state index in [1.54, 1.807) is 0 Å². The first kappa shape index (κ1) is 20.0. The molecule has 2 rings (SSSR count). The summed E-state index contributed by atoms with van der Waals surface area (Å²) in [6.07, 6.45) is 5.63. The molecule has 0 aliphatic heterocycles. The highest BCUT2D eigenvalue weighted by molar-refractivity contribution is 5.84. The van der Waals surface area contributed by atoms with Crippen molar-refractivity contribution in [3.05, 3.63) is 17.0 Å². The SMILES string of the molecule is Cc1nn(C)c(C)c1[C@H](C)C(=O)N[C@H]1CCCC[C@@H]1OCCC(C)C. The van der Waals surface area contributed by atoms with Crippen molar-refractivity contribution in [2.75, 3.05) is 6.61 Å². The third kappa shape index (κ3) is 5.06. The molecular weight excluding hydrogens is 314 g/mol. The summed E-state index contributed by atoms with van der Waals surface area (Å²) in [7, 11) is 1.93. The Bertz CT molecular complexity index is 580. The molecule has 1 N–H and O–H groups in total. The molecule has 0 saturated heterocycles. The van der Waals surface area contributed by atoms with E-state index in [2.05, 4.69) is 24.3 Å². The van der Waals surface area contributed by atoms with Gasteiger partial charge in [0.05, 0.1) is 23.8 Å². The number of hydrogen-bond acceptors (Lipinski definition) is 3.